The highest BCUT2D eigenvalue weighted by molar-refractivity contribution is 7.37. The summed E-state index contributed by atoms with van der Waals surface area (Å²) in [5, 5.41) is 8.48. The zero-order valence-electron chi connectivity index (χ0n) is 7.64. The molecule has 0 rings (SSSR count). The predicted octanol–water partition coefficient (Wildman–Crippen LogP) is 0.865. The van der Waals surface area contributed by atoms with Crippen LogP contribution in [0.2, 0.25) is 0 Å². The highest BCUT2D eigenvalue weighted by Gasteiger charge is 2.19. The fourth-order valence-corrected chi connectivity index (χ4v) is 1.53. The molecule has 1 unspecified atom stereocenters. The Hall–Kier alpha value is -0.510. The van der Waals surface area contributed by atoms with E-state index >= 15 is 0 Å². The van der Waals surface area contributed by atoms with Crippen molar-refractivity contribution < 1.29 is 19.4 Å². The Labute approximate surface area is 78.2 Å². The van der Waals surface area contributed by atoms with Crippen LogP contribution in [0.3, 0.4) is 0 Å². The SMILES string of the molecule is CCCCN(CC(=O)O)C[P+](=O)O. The summed E-state index contributed by atoms with van der Waals surface area (Å²) in [7, 11) is -2.27. The second-order valence-electron chi connectivity index (χ2n) is 2.79. The zero-order valence-corrected chi connectivity index (χ0v) is 8.54. The molecule has 0 saturated heterocycles. The third-order valence-electron chi connectivity index (χ3n) is 1.51. The van der Waals surface area contributed by atoms with Crippen molar-refractivity contribution in [2.75, 3.05) is 19.4 Å². The van der Waals surface area contributed by atoms with Crippen LogP contribution in [-0.4, -0.2) is 40.2 Å². The quantitative estimate of drug-likeness (QED) is 0.607. The van der Waals surface area contributed by atoms with Gasteiger partial charge in [0.15, 0.2) is 0 Å². The molecule has 0 aliphatic rings. The van der Waals surface area contributed by atoms with E-state index in [0.717, 1.165) is 12.8 Å². The first-order chi connectivity index (χ1) is 6.06. The van der Waals surface area contributed by atoms with Crippen LogP contribution < -0.4 is 0 Å². The summed E-state index contributed by atoms with van der Waals surface area (Å²) in [6.45, 7) is 2.38. The molecule has 0 spiro atoms. The number of hydrogen-bond donors (Lipinski definition) is 2. The predicted molar refractivity (Wildman–Crippen MR) is 48.8 cm³/mol. The number of hydrogen-bond acceptors (Lipinski definition) is 3. The molecule has 0 amide bonds. The van der Waals surface area contributed by atoms with Crippen LogP contribution in [0, 0.1) is 0 Å². The lowest BCUT2D eigenvalue weighted by Crippen LogP contribution is -2.30. The van der Waals surface area contributed by atoms with Gasteiger partial charge in [0.1, 0.15) is 6.54 Å². The number of carboxylic acid groups (broad SMARTS) is 1. The zero-order chi connectivity index (χ0) is 10.3. The molecule has 0 radical (unpaired) electrons. The standard InChI is InChI=1S/C7H14NO4P/c1-2-3-4-8(5-7(9)10)6-13(11)12/h2-6H2,1H3,(H-,9,10,11,12)/p+1. The molecule has 0 heterocycles. The van der Waals surface area contributed by atoms with E-state index in [1.54, 1.807) is 0 Å². The van der Waals surface area contributed by atoms with Gasteiger partial charge >= 0.3 is 14.0 Å². The molecule has 0 aromatic heterocycles. The maximum atomic E-state index is 10.5. The first kappa shape index (κ1) is 12.5. The number of carbonyl (C=O) groups is 1. The lowest BCUT2D eigenvalue weighted by molar-refractivity contribution is -0.138. The Morgan fingerprint density at radius 1 is 1.54 bits per heavy atom. The molecule has 0 fully saturated rings. The van der Waals surface area contributed by atoms with Gasteiger partial charge in [-0.2, -0.15) is 4.89 Å². The molecule has 13 heavy (non-hydrogen) atoms. The molecule has 2 N–H and O–H groups in total. The van der Waals surface area contributed by atoms with Crippen molar-refractivity contribution in [3.8, 4) is 0 Å². The summed E-state index contributed by atoms with van der Waals surface area (Å²) in [4.78, 5) is 20.4. The fourth-order valence-electron chi connectivity index (χ4n) is 0.944. The van der Waals surface area contributed by atoms with E-state index in [2.05, 4.69) is 0 Å². The van der Waals surface area contributed by atoms with Gasteiger partial charge in [0.2, 0.25) is 6.29 Å². The molecule has 1 atom stereocenters. The van der Waals surface area contributed by atoms with Crippen LogP contribution >= 0.6 is 8.03 Å². The van der Waals surface area contributed by atoms with Crippen LogP contribution in [0.4, 0.5) is 0 Å². The normalized spacial score (nSPS) is 11.8. The Morgan fingerprint density at radius 3 is 2.54 bits per heavy atom. The van der Waals surface area contributed by atoms with Crippen LogP contribution in [0.5, 0.6) is 0 Å². The fraction of sp³-hybridized carbons (Fsp3) is 0.857. The van der Waals surface area contributed by atoms with Crippen LogP contribution in [0.25, 0.3) is 0 Å². The van der Waals surface area contributed by atoms with E-state index in [1.807, 2.05) is 6.92 Å². The van der Waals surface area contributed by atoms with E-state index in [-0.39, 0.29) is 12.8 Å². The third-order valence-corrected chi connectivity index (χ3v) is 2.15. The average Bonchev–Trinajstić information content (AvgIpc) is 1.98. The maximum Gasteiger partial charge on any atom is 0.521 e. The first-order valence-electron chi connectivity index (χ1n) is 4.14. The molecule has 6 heteroatoms. The molecular weight excluding hydrogens is 193 g/mol. The third kappa shape index (κ3) is 7.84. The van der Waals surface area contributed by atoms with Crippen molar-refractivity contribution in [3.05, 3.63) is 0 Å². The lowest BCUT2D eigenvalue weighted by Gasteiger charge is -2.12. The minimum atomic E-state index is -2.27. The first-order valence-corrected chi connectivity index (χ1v) is 5.53. The van der Waals surface area contributed by atoms with Gasteiger partial charge in [-0.05, 0) is 11.0 Å². The molecule has 0 aliphatic carbocycles. The largest absolute Gasteiger partial charge is 0.521 e. The summed E-state index contributed by atoms with van der Waals surface area (Å²) in [5.41, 5.74) is 0. The number of carboxylic acids is 1. The second kappa shape index (κ2) is 6.95. The van der Waals surface area contributed by atoms with E-state index in [9.17, 15) is 9.36 Å². The van der Waals surface area contributed by atoms with Crippen LogP contribution in [0.1, 0.15) is 19.8 Å². The lowest BCUT2D eigenvalue weighted by atomic mass is 10.3. The molecular formula is C7H15NO4P+. The Balaban J connectivity index is 3.87. The number of rotatable bonds is 7. The molecule has 0 bridgehead atoms. The maximum absolute atomic E-state index is 10.5. The van der Waals surface area contributed by atoms with Gasteiger partial charge in [0.05, 0.1) is 0 Å². The minimum Gasteiger partial charge on any atom is -0.480 e. The van der Waals surface area contributed by atoms with E-state index < -0.39 is 14.0 Å². The smallest absolute Gasteiger partial charge is 0.480 e. The van der Waals surface area contributed by atoms with Crippen molar-refractivity contribution in [3.63, 3.8) is 0 Å². The number of aliphatic carboxylic acids is 1. The molecule has 76 valence electrons. The summed E-state index contributed by atoms with van der Waals surface area (Å²) in [6, 6.07) is 0. The highest BCUT2D eigenvalue weighted by Crippen LogP contribution is 2.14. The van der Waals surface area contributed by atoms with Crippen molar-refractivity contribution >= 4 is 14.0 Å². The summed E-state index contributed by atoms with van der Waals surface area (Å²) in [5.74, 6) is -0.965. The molecule has 5 nitrogen and oxygen atoms in total. The van der Waals surface area contributed by atoms with Gasteiger partial charge < -0.3 is 5.11 Å². The van der Waals surface area contributed by atoms with Gasteiger partial charge in [-0.1, -0.05) is 13.3 Å². The van der Waals surface area contributed by atoms with Crippen molar-refractivity contribution in [2.24, 2.45) is 0 Å². The molecule has 0 saturated carbocycles. The Morgan fingerprint density at radius 2 is 2.15 bits per heavy atom. The summed E-state index contributed by atoms with van der Waals surface area (Å²) in [6.07, 6.45) is 1.73. The van der Waals surface area contributed by atoms with Crippen LogP contribution in [-0.2, 0) is 9.36 Å². The van der Waals surface area contributed by atoms with E-state index in [1.165, 1.54) is 4.90 Å². The van der Waals surface area contributed by atoms with Gasteiger partial charge in [0, 0.05) is 6.54 Å². The number of nitrogens with zero attached hydrogens (tertiary/aromatic N) is 1. The van der Waals surface area contributed by atoms with Gasteiger partial charge in [0.25, 0.3) is 0 Å². The number of unbranched alkanes of at least 4 members (excludes halogenated alkanes) is 1. The van der Waals surface area contributed by atoms with Crippen molar-refractivity contribution in [1.82, 2.24) is 4.90 Å². The van der Waals surface area contributed by atoms with E-state index in [0.29, 0.717) is 6.54 Å². The van der Waals surface area contributed by atoms with Gasteiger partial charge in [-0.3, -0.25) is 4.79 Å². The van der Waals surface area contributed by atoms with Crippen LogP contribution in [0.15, 0.2) is 0 Å². The molecule has 0 aromatic rings. The second-order valence-corrected chi connectivity index (χ2v) is 3.78. The summed E-state index contributed by atoms with van der Waals surface area (Å²) >= 11 is 0. The molecule has 0 aromatic carbocycles. The Bertz CT molecular complexity index is 169. The Kier molecular flexibility index (Phi) is 6.68. The topological polar surface area (TPSA) is 77.8 Å². The van der Waals surface area contributed by atoms with Crippen molar-refractivity contribution in [2.45, 2.75) is 19.8 Å². The average molecular weight is 208 g/mol. The highest BCUT2D eigenvalue weighted by atomic mass is 31.1. The summed E-state index contributed by atoms with van der Waals surface area (Å²) < 4.78 is 10.5. The monoisotopic (exact) mass is 208 g/mol. The van der Waals surface area contributed by atoms with E-state index in [4.69, 9.17) is 10.00 Å². The molecule has 0 aliphatic heterocycles. The minimum absolute atomic E-state index is 0.0539. The van der Waals surface area contributed by atoms with Gasteiger partial charge in [-0.25, -0.2) is 4.90 Å². The van der Waals surface area contributed by atoms with Gasteiger partial charge in [-0.15, -0.1) is 0 Å². The van der Waals surface area contributed by atoms with Crippen molar-refractivity contribution in [1.29, 1.82) is 0 Å².